The van der Waals surface area contributed by atoms with Gasteiger partial charge < -0.3 is 9.64 Å². The van der Waals surface area contributed by atoms with Gasteiger partial charge in [0.2, 0.25) is 0 Å². The van der Waals surface area contributed by atoms with Crippen molar-refractivity contribution in [2.45, 2.75) is 25.0 Å². The number of rotatable bonds is 3. The van der Waals surface area contributed by atoms with E-state index in [-0.39, 0.29) is 12.0 Å². The Balaban J connectivity index is 1.45. The molecule has 0 bridgehead atoms. The molecule has 2 atom stereocenters. The average Bonchev–Trinajstić information content (AvgIpc) is 2.97. The first-order chi connectivity index (χ1) is 9.81. The number of carbonyl (C=O) groups excluding carboxylic acids is 1. The summed E-state index contributed by atoms with van der Waals surface area (Å²) in [5, 5.41) is 6.61. The van der Waals surface area contributed by atoms with E-state index in [0.29, 0.717) is 18.3 Å². The first-order valence-corrected chi connectivity index (χ1v) is 7.45. The normalized spacial score (nSPS) is 30.5. The minimum absolute atomic E-state index is 0.0341. The maximum Gasteiger partial charge on any atom is 0.272 e. The molecule has 20 heavy (non-hydrogen) atoms. The van der Waals surface area contributed by atoms with Crippen LogP contribution in [-0.4, -0.2) is 70.8 Å². The van der Waals surface area contributed by atoms with Crippen LogP contribution in [0.4, 0.5) is 0 Å². The van der Waals surface area contributed by atoms with Crippen LogP contribution in [0.5, 0.6) is 0 Å². The van der Waals surface area contributed by atoms with Crippen molar-refractivity contribution in [2.24, 2.45) is 5.92 Å². The summed E-state index contributed by atoms with van der Waals surface area (Å²) >= 11 is 0. The SMILES string of the molecule is O=C(c1ccn[nH]1)N1C[C@@H]2OCCN(CC3CC3)[C@@H]2C1. The zero-order valence-electron chi connectivity index (χ0n) is 11.5. The van der Waals surface area contributed by atoms with Gasteiger partial charge in [-0.2, -0.15) is 5.10 Å². The van der Waals surface area contributed by atoms with Crippen molar-refractivity contribution in [3.8, 4) is 0 Å². The molecular weight excluding hydrogens is 256 g/mol. The van der Waals surface area contributed by atoms with E-state index in [1.54, 1.807) is 12.3 Å². The third-order valence-electron chi connectivity index (χ3n) is 4.62. The lowest BCUT2D eigenvalue weighted by Crippen LogP contribution is -2.51. The number of carbonyl (C=O) groups is 1. The molecule has 1 N–H and O–H groups in total. The molecule has 4 rings (SSSR count). The van der Waals surface area contributed by atoms with E-state index in [4.69, 9.17) is 4.74 Å². The maximum absolute atomic E-state index is 12.4. The minimum Gasteiger partial charge on any atom is -0.373 e. The molecule has 6 heteroatoms. The van der Waals surface area contributed by atoms with Crippen molar-refractivity contribution >= 4 is 5.91 Å². The summed E-state index contributed by atoms with van der Waals surface area (Å²) < 4.78 is 5.87. The van der Waals surface area contributed by atoms with E-state index in [0.717, 1.165) is 25.6 Å². The lowest BCUT2D eigenvalue weighted by Gasteiger charge is -2.36. The molecule has 0 radical (unpaired) electrons. The second kappa shape index (κ2) is 4.86. The van der Waals surface area contributed by atoms with Gasteiger partial charge in [0.1, 0.15) is 5.69 Å². The van der Waals surface area contributed by atoms with Crippen LogP contribution in [0, 0.1) is 5.92 Å². The van der Waals surface area contributed by atoms with E-state index in [1.807, 2.05) is 4.90 Å². The number of hydrogen-bond acceptors (Lipinski definition) is 4. The lowest BCUT2D eigenvalue weighted by molar-refractivity contribution is -0.0484. The number of aromatic amines is 1. The number of likely N-dealkylation sites (tertiary alicyclic amines) is 1. The first-order valence-electron chi connectivity index (χ1n) is 7.45. The number of amides is 1. The second-order valence-electron chi connectivity index (χ2n) is 6.10. The molecule has 3 aliphatic rings. The number of nitrogens with zero attached hydrogens (tertiary/aromatic N) is 3. The molecule has 1 aromatic rings. The van der Waals surface area contributed by atoms with Crippen molar-refractivity contribution in [2.75, 3.05) is 32.8 Å². The van der Waals surface area contributed by atoms with E-state index < -0.39 is 0 Å². The fourth-order valence-corrected chi connectivity index (χ4v) is 3.33. The highest BCUT2D eigenvalue weighted by Gasteiger charge is 2.43. The van der Waals surface area contributed by atoms with Crippen LogP contribution < -0.4 is 0 Å². The zero-order valence-corrected chi connectivity index (χ0v) is 11.5. The molecule has 3 heterocycles. The van der Waals surface area contributed by atoms with Crippen LogP contribution in [0.1, 0.15) is 23.3 Å². The van der Waals surface area contributed by atoms with Crippen molar-refractivity contribution in [1.29, 1.82) is 0 Å². The van der Waals surface area contributed by atoms with E-state index in [9.17, 15) is 4.79 Å². The van der Waals surface area contributed by atoms with Crippen LogP contribution in [0.2, 0.25) is 0 Å². The summed E-state index contributed by atoms with van der Waals surface area (Å²) in [6, 6.07) is 2.10. The van der Waals surface area contributed by atoms with Gasteiger partial charge in [0, 0.05) is 32.4 Å². The van der Waals surface area contributed by atoms with Gasteiger partial charge in [0.25, 0.3) is 5.91 Å². The molecule has 3 fully saturated rings. The Kier molecular flexibility index (Phi) is 3.00. The standard InChI is InChI=1S/C14H20N4O2/c19-14(11-3-4-15-16-11)18-8-12-13(9-18)20-6-5-17(12)7-10-1-2-10/h3-4,10,12-13H,1-2,5-9H2,(H,15,16)/t12-,13+/m1/s1. The van der Waals surface area contributed by atoms with Crippen molar-refractivity contribution in [1.82, 2.24) is 20.0 Å². The van der Waals surface area contributed by atoms with Crippen LogP contribution in [-0.2, 0) is 4.74 Å². The number of aromatic nitrogens is 2. The van der Waals surface area contributed by atoms with Gasteiger partial charge in [0.05, 0.1) is 18.8 Å². The van der Waals surface area contributed by atoms with Crippen LogP contribution >= 0.6 is 0 Å². The molecule has 2 saturated heterocycles. The molecule has 1 amide bonds. The molecular formula is C14H20N4O2. The number of ether oxygens (including phenoxy) is 1. The number of fused-ring (bicyclic) bond motifs is 1. The highest BCUT2D eigenvalue weighted by Crippen LogP contribution is 2.33. The van der Waals surface area contributed by atoms with E-state index in [1.165, 1.54) is 19.4 Å². The summed E-state index contributed by atoms with van der Waals surface area (Å²) in [7, 11) is 0. The summed E-state index contributed by atoms with van der Waals surface area (Å²) in [5.74, 6) is 0.915. The van der Waals surface area contributed by atoms with Crippen LogP contribution in [0.3, 0.4) is 0 Å². The highest BCUT2D eigenvalue weighted by atomic mass is 16.5. The first kappa shape index (κ1) is 12.3. The van der Waals surface area contributed by atoms with Gasteiger partial charge in [-0.15, -0.1) is 0 Å². The van der Waals surface area contributed by atoms with Gasteiger partial charge in [-0.05, 0) is 24.8 Å². The summed E-state index contributed by atoms with van der Waals surface area (Å²) in [5.41, 5.74) is 0.567. The van der Waals surface area contributed by atoms with Crippen LogP contribution in [0.15, 0.2) is 12.3 Å². The Morgan fingerprint density at radius 3 is 3.10 bits per heavy atom. The third-order valence-corrected chi connectivity index (χ3v) is 4.62. The predicted molar refractivity (Wildman–Crippen MR) is 72.3 cm³/mol. The molecule has 2 aliphatic heterocycles. The van der Waals surface area contributed by atoms with Gasteiger partial charge in [-0.1, -0.05) is 0 Å². The summed E-state index contributed by atoms with van der Waals surface area (Å²) in [6.45, 7) is 4.44. The summed E-state index contributed by atoms with van der Waals surface area (Å²) in [4.78, 5) is 16.8. The topological polar surface area (TPSA) is 61.5 Å². The molecule has 1 aliphatic carbocycles. The average molecular weight is 276 g/mol. The Morgan fingerprint density at radius 2 is 2.35 bits per heavy atom. The number of nitrogens with one attached hydrogen (secondary N) is 1. The fraction of sp³-hybridized carbons (Fsp3) is 0.714. The third kappa shape index (κ3) is 2.23. The molecule has 1 aromatic heterocycles. The quantitative estimate of drug-likeness (QED) is 0.865. The van der Waals surface area contributed by atoms with Crippen molar-refractivity contribution < 1.29 is 9.53 Å². The molecule has 0 spiro atoms. The Hall–Kier alpha value is -1.40. The monoisotopic (exact) mass is 276 g/mol. The lowest BCUT2D eigenvalue weighted by atomic mass is 10.1. The minimum atomic E-state index is 0.0341. The van der Waals surface area contributed by atoms with Gasteiger partial charge in [-0.25, -0.2) is 0 Å². The van der Waals surface area contributed by atoms with E-state index in [2.05, 4.69) is 15.1 Å². The number of H-pyrrole nitrogens is 1. The predicted octanol–water partition coefficient (Wildman–Crippen LogP) is 0.345. The number of hydrogen-bond donors (Lipinski definition) is 1. The molecule has 0 unspecified atom stereocenters. The zero-order chi connectivity index (χ0) is 13.5. The van der Waals surface area contributed by atoms with Crippen molar-refractivity contribution in [3.63, 3.8) is 0 Å². The number of morpholine rings is 1. The molecule has 1 saturated carbocycles. The Morgan fingerprint density at radius 1 is 1.45 bits per heavy atom. The Labute approximate surface area is 118 Å². The maximum atomic E-state index is 12.4. The summed E-state index contributed by atoms with van der Waals surface area (Å²) in [6.07, 6.45) is 4.53. The largest absolute Gasteiger partial charge is 0.373 e. The van der Waals surface area contributed by atoms with Gasteiger partial charge >= 0.3 is 0 Å². The Bertz CT molecular complexity index is 485. The van der Waals surface area contributed by atoms with Crippen LogP contribution in [0.25, 0.3) is 0 Å². The van der Waals surface area contributed by atoms with Gasteiger partial charge in [0.15, 0.2) is 0 Å². The second-order valence-corrected chi connectivity index (χ2v) is 6.10. The molecule has 0 aromatic carbocycles. The smallest absolute Gasteiger partial charge is 0.272 e. The fourth-order valence-electron chi connectivity index (χ4n) is 3.33. The molecule has 6 nitrogen and oxygen atoms in total. The highest BCUT2D eigenvalue weighted by molar-refractivity contribution is 5.92. The molecule has 108 valence electrons. The van der Waals surface area contributed by atoms with Crippen molar-refractivity contribution in [3.05, 3.63) is 18.0 Å². The van der Waals surface area contributed by atoms with E-state index >= 15 is 0 Å². The van der Waals surface area contributed by atoms with Gasteiger partial charge in [-0.3, -0.25) is 14.8 Å².